The molecule has 106 valence electrons. The molecule has 0 fully saturated rings. The Kier molecular flexibility index (Phi) is 4.14. The van der Waals surface area contributed by atoms with Gasteiger partial charge in [0.2, 0.25) is 0 Å². The highest BCUT2D eigenvalue weighted by molar-refractivity contribution is 5.35. The van der Waals surface area contributed by atoms with Gasteiger partial charge in [0, 0.05) is 11.6 Å². The van der Waals surface area contributed by atoms with Crippen LogP contribution in [0.1, 0.15) is 28.3 Å². The first-order valence-corrected chi connectivity index (χ1v) is 6.36. The second-order valence-corrected chi connectivity index (χ2v) is 4.95. The lowest BCUT2D eigenvalue weighted by molar-refractivity contribution is 0.435. The number of aryl methyl sites for hydroxylation is 2. The van der Waals surface area contributed by atoms with Gasteiger partial charge in [0.15, 0.2) is 17.5 Å². The van der Waals surface area contributed by atoms with Gasteiger partial charge in [0.1, 0.15) is 0 Å². The maximum atomic E-state index is 13.7. The third-order valence-electron chi connectivity index (χ3n) is 3.53. The molecule has 0 saturated heterocycles. The second-order valence-electron chi connectivity index (χ2n) is 4.95. The van der Waals surface area contributed by atoms with Crippen molar-refractivity contribution in [2.45, 2.75) is 26.3 Å². The van der Waals surface area contributed by atoms with Crippen molar-refractivity contribution in [3.63, 3.8) is 0 Å². The lowest BCUT2D eigenvalue weighted by atomic mass is 9.93. The van der Waals surface area contributed by atoms with Crippen LogP contribution in [-0.4, -0.2) is 0 Å². The van der Waals surface area contributed by atoms with Crippen molar-refractivity contribution in [2.24, 2.45) is 5.73 Å². The summed E-state index contributed by atoms with van der Waals surface area (Å²) in [5.41, 5.74) is 9.04. The van der Waals surface area contributed by atoms with E-state index >= 15 is 0 Å². The Morgan fingerprint density at radius 1 is 0.950 bits per heavy atom. The van der Waals surface area contributed by atoms with E-state index in [0.717, 1.165) is 22.8 Å². The molecule has 0 heterocycles. The molecule has 2 aromatic carbocycles. The summed E-state index contributed by atoms with van der Waals surface area (Å²) in [4.78, 5) is 0. The molecule has 0 aromatic heterocycles. The third kappa shape index (κ3) is 2.70. The van der Waals surface area contributed by atoms with E-state index in [1.807, 2.05) is 32.0 Å². The summed E-state index contributed by atoms with van der Waals surface area (Å²) in [7, 11) is 0. The van der Waals surface area contributed by atoms with Gasteiger partial charge in [-0.05, 0) is 43.0 Å². The van der Waals surface area contributed by atoms with Crippen molar-refractivity contribution in [1.29, 1.82) is 0 Å². The summed E-state index contributed by atoms with van der Waals surface area (Å²) >= 11 is 0. The van der Waals surface area contributed by atoms with Gasteiger partial charge in [-0.2, -0.15) is 0 Å². The Morgan fingerprint density at radius 3 is 2.15 bits per heavy atom. The zero-order valence-corrected chi connectivity index (χ0v) is 11.4. The SMILES string of the molecule is Cc1cccc(C)c1CC(N)c1ccc(F)c(F)c1F. The molecule has 1 nitrogen and oxygen atoms in total. The van der Waals surface area contributed by atoms with Crippen LogP contribution in [0.2, 0.25) is 0 Å². The number of hydrogen-bond donors (Lipinski definition) is 1. The van der Waals surface area contributed by atoms with Crippen molar-refractivity contribution in [3.8, 4) is 0 Å². The van der Waals surface area contributed by atoms with Crippen LogP contribution in [-0.2, 0) is 6.42 Å². The minimum absolute atomic E-state index is 0.00782. The van der Waals surface area contributed by atoms with Crippen LogP contribution in [0, 0.1) is 31.3 Å². The van der Waals surface area contributed by atoms with Crippen molar-refractivity contribution in [1.82, 2.24) is 0 Å². The molecule has 1 atom stereocenters. The predicted octanol–water partition coefficient (Wildman–Crippen LogP) is 3.96. The van der Waals surface area contributed by atoms with Gasteiger partial charge in [-0.3, -0.25) is 0 Å². The van der Waals surface area contributed by atoms with E-state index in [1.54, 1.807) is 0 Å². The molecule has 4 heteroatoms. The first-order chi connectivity index (χ1) is 9.41. The Labute approximate surface area is 116 Å². The van der Waals surface area contributed by atoms with E-state index in [-0.39, 0.29) is 5.56 Å². The zero-order valence-electron chi connectivity index (χ0n) is 11.4. The molecular formula is C16H16F3N. The Morgan fingerprint density at radius 2 is 1.55 bits per heavy atom. The zero-order chi connectivity index (χ0) is 14.9. The van der Waals surface area contributed by atoms with Crippen LogP contribution in [0.4, 0.5) is 13.2 Å². The first-order valence-electron chi connectivity index (χ1n) is 6.36. The summed E-state index contributed by atoms with van der Waals surface area (Å²) in [5.74, 6) is -3.88. The van der Waals surface area contributed by atoms with Crippen LogP contribution in [0.5, 0.6) is 0 Å². The molecular weight excluding hydrogens is 263 g/mol. The fourth-order valence-corrected chi connectivity index (χ4v) is 2.33. The Bertz CT molecular complexity index is 618. The molecule has 20 heavy (non-hydrogen) atoms. The van der Waals surface area contributed by atoms with Gasteiger partial charge in [-0.15, -0.1) is 0 Å². The standard InChI is InChI=1S/C16H16F3N/c1-9-4-3-5-10(2)12(9)8-14(20)11-6-7-13(17)16(19)15(11)18/h3-7,14H,8,20H2,1-2H3. The predicted molar refractivity (Wildman–Crippen MR) is 72.9 cm³/mol. The van der Waals surface area contributed by atoms with Crippen molar-refractivity contribution >= 4 is 0 Å². The van der Waals surface area contributed by atoms with Crippen LogP contribution in [0.25, 0.3) is 0 Å². The van der Waals surface area contributed by atoms with Gasteiger partial charge in [-0.1, -0.05) is 24.3 Å². The van der Waals surface area contributed by atoms with Crippen LogP contribution in [0.3, 0.4) is 0 Å². The maximum Gasteiger partial charge on any atom is 0.194 e. The smallest absolute Gasteiger partial charge is 0.194 e. The highest BCUT2D eigenvalue weighted by Crippen LogP contribution is 2.25. The number of nitrogens with two attached hydrogens (primary N) is 1. The monoisotopic (exact) mass is 279 g/mol. The molecule has 0 bridgehead atoms. The number of benzene rings is 2. The fraction of sp³-hybridized carbons (Fsp3) is 0.250. The molecule has 0 saturated carbocycles. The molecule has 2 aromatic rings. The molecule has 0 aliphatic heterocycles. The average molecular weight is 279 g/mol. The molecule has 0 radical (unpaired) electrons. The number of rotatable bonds is 3. The van der Waals surface area contributed by atoms with E-state index in [9.17, 15) is 13.2 Å². The summed E-state index contributed by atoms with van der Waals surface area (Å²) in [6.45, 7) is 3.88. The van der Waals surface area contributed by atoms with Gasteiger partial charge in [-0.25, -0.2) is 13.2 Å². The summed E-state index contributed by atoms with van der Waals surface area (Å²) in [5, 5.41) is 0. The minimum Gasteiger partial charge on any atom is -0.324 e. The van der Waals surface area contributed by atoms with E-state index in [2.05, 4.69) is 0 Å². The Hall–Kier alpha value is -1.81. The minimum atomic E-state index is -1.47. The molecule has 0 aliphatic rings. The van der Waals surface area contributed by atoms with Gasteiger partial charge in [0.05, 0.1) is 0 Å². The quantitative estimate of drug-likeness (QED) is 0.845. The highest BCUT2D eigenvalue weighted by atomic mass is 19.2. The lowest BCUT2D eigenvalue weighted by Crippen LogP contribution is -2.17. The van der Waals surface area contributed by atoms with Crippen molar-refractivity contribution < 1.29 is 13.2 Å². The largest absolute Gasteiger partial charge is 0.324 e. The maximum absolute atomic E-state index is 13.7. The van der Waals surface area contributed by atoms with Crippen LogP contribution in [0.15, 0.2) is 30.3 Å². The topological polar surface area (TPSA) is 26.0 Å². The van der Waals surface area contributed by atoms with Gasteiger partial charge >= 0.3 is 0 Å². The van der Waals surface area contributed by atoms with Gasteiger partial charge < -0.3 is 5.73 Å². The summed E-state index contributed by atoms with van der Waals surface area (Å²) in [6, 6.07) is 7.19. The number of halogens is 3. The number of hydrogen-bond acceptors (Lipinski definition) is 1. The van der Waals surface area contributed by atoms with E-state index in [4.69, 9.17) is 5.73 Å². The molecule has 0 amide bonds. The Balaban J connectivity index is 2.34. The summed E-state index contributed by atoms with van der Waals surface area (Å²) < 4.78 is 39.9. The third-order valence-corrected chi connectivity index (χ3v) is 3.53. The van der Waals surface area contributed by atoms with Crippen molar-refractivity contribution in [2.75, 3.05) is 0 Å². The van der Waals surface area contributed by atoms with Crippen molar-refractivity contribution in [3.05, 3.63) is 70.0 Å². The molecule has 2 N–H and O–H groups in total. The van der Waals surface area contributed by atoms with Gasteiger partial charge in [0.25, 0.3) is 0 Å². The average Bonchev–Trinajstić information content (AvgIpc) is 2.40. The summed E-state index contributed by atoms with van der Waals surface area (Å²) in [6.07, 6.45) is 0.375. The molecule has 0 spiro atoms. The van der Waals surface area contributed by atoms with Crippen LogP contribution < -0.4 is 5.73 Å². The second kappa shape index (κ2) is 5.67. The normalized spacial score (nSPS) is 12.5. The van der Waals surface area contributed by atoms with E-state index in [0.29, 0.717) is 6.42 Å². The molecule has 0 aliphatic carbocycles. The van der Waals surface area contributed by atoms with Crippen LogP contribution >= 0.6 is 0 Å². The highest BCUT2D eigenvalue weighted by Gasteiger charge is 2.19. The van der Waals surface area contributed by atoms with E-state index in [1.165, 1.54) is 6.07 Å². The lowest BCUT2D eigenvalue weighted by Gasteiger charge is -2.17. The molecule has 2 rings (SSSR count). The van der Waals surface area contributed by atoms with E-state index < -0.39 is 23.5 Å². The fourth-order valence-electron chi connectivity index (χ4n) is 2.33. The first kappa shape index (κ1) is 14.6. The molecule has 1 unspecified atom stereocenters.